The zero-order valence-electron chi connectivity index (χ0n) is 22.2. The molecule has 0 fully saturated rings. The van der Waals surface area contributed by atoms with Gasteiger partial charge < -0.3 is 25.0 Å². The number of carbonyl (C=O) groups is 2. The highest BCUT2D eigenvalue weighted by atomic mass is 16.5. The lowest BCUT2D eigenvalue weighted by Gasteiger charge is -2.27. The Bertz CT molecular complexity index is 1210. The van der Waals surface area contributed by atoms with Gasteiger partial charge in [0.15, 0.2) is 0 Å². The molecule has 2 amide bonds. The third-order valence-electron chi connectivity index (χ3n) is 6.72. The summed E-state index contributed by atoms with van der Waals surface area (Å²) in [5.74, 6) is 1.08. The molecule has 1 aliphatic heterocycles. The maximum atomic E-state index is 13.5. The third kappa shape index (κ3) is 7.10. The quantitative estimate of drug-likeness (QED) is 0.492. The number of aromatic nitrogens is 1. The first-order valence-corrected chi connectivity index (χ1v) is 13.1. The fourth-order valence-corrected chi connectivity index (χ4v) is 4.64. The number of benzene rings is 2. The Kier molecular flexibility index (Phi) is 9.70. The van der Waals surface area contributed by atoms with Gasteiger partial charge >= 0.3 is 0 Å². The number of nitrogens with one attached hydrogen (secondary N) is 2. The van der Waals surface area contributed by atoms with Gasteiger partial charge in [-0.05, 0) is 73.0 Å². The monoisotopic (exact) mass is 516 g/mol. The molecule has 0 saturated carbocycles. The summed E-state index contributed by atoms with van der Waals surface area (Å²) in [6.45, 7) is 2.42. The smallest absolute Gasteiger partial charge is 0.258 e. The fraction of sp³-hybridized carbons (Fsp3) is 0.367. The van der Waals surface area contributed by atoms with E-state index in [1.807, 2.05) is 29.2 Å². The highest BCUT2D eigenvalue weighted by Crippen LogP contribution is 2.26. The molecule has 0 atom stereocenters. The van der Waals surface area contributed by atoms with Gasteiger partial charge in [0.25, 0.3) is 11.8 Å². The van der Waals surface area contributed by atoms with E-state index in [4.69, 9.17) is 9.47 Å². The molecule has 4 rings (SSSR count). The SMILES string of the molecule is COc1cc(CNC(=O)c2ccc3c(c2)CNCCCCCCCN3C(=O)c2ccncc2)cc(OC)c1. The predicted octanol–water partition coefficient (Wildman–Crippen LogP) is 4.73. The van der Waals surface area contributed by atoms with Gasteiger partial charge in [-0.1, -0.05) is 19.3 Å². The molecule has 2 heterocycles. The van der Waals surface area contributed by atoms with Crippen LogP contribution < -0.4 is 25.0 Å². The van der Waals surface area contributed by atoms with Crippen molar-refractivity contribution in [3.05, 3.63) is 83.2 Å². The number of amides is 2. The predicted molar refractivity (Wildman–Crippen MR) is 148 cm³/mol. The zero-order chi connectivity index (χ0) is 26.7. The lowest BCUT2D eigenvalue weighted by Crippen LogP contribution is -2.34. The van der Waals surface area contributed by atoms with Crippen molar-refractivity contribution in [3.63, 3.8) is 0 Å². The molecule has 0 unspecified atom stereocenters. The summed E-state index contributed by atoms with van der Waals surface area (Å²) >= 11 is 0. The standard InChI is InChI=1S/C30H36N4O4/c1-37-26-16-22(17-27(19-26)38-2)20-33-29(35)24-8-9-28-25(18-24)21-32-12-6-4-3-5-7-15-34(28)30(36)23-10-13-31-14-11-23/h8-11,13-14,16-19,32H,3-7,12,15,20-21H2,1-2H3,(H,33,35). The number of rotatable bonds is 6. The first-order valence-electron chi connectivity index (χ1n) is 13.1. The van der Waals surface area contributed by atoms with Crippen molar-refractivity contribution in [2.45, 2.75) is 45.2 Å². The molecule has 2 N–H and O–H groups in total. The van der Waals surface area contributed by atoms with Crippen LogP contribution in [0.4, 0.5) is 5.69 Å². The summed E-state index contributed by atoms with van der Waals surface area (Å²) in [4.78, 5) is 32.6. The lowest BCUT2D eigenvalue weighted by molar-refractivity contribution is 0.0949. The van der Waals surface area contributed by atoms with Crippen molar-refractivity contribution in [2.24, 2.45) is 0 Å². The minimum atomic E-state index is -0.187. The van der Waals surface area contributed by atoms with Crippen LogP contribution in [0.3, 0.4) is 0 Å². The second-order valence-corrected chi connectivity index (χ2v) is 9.38. The Morgan fingerprint density at radius 2 is 1.61 bits per heavy atom. The van der Waals surface area contributed by atoms with Crippen molar-refractivity contribution < 1.29 is 19.1 Å². The average Bonchev–Trinajstić information content (AvgIpc) is 2.96. The van der Waals surface area contributed by atoms with Crippen LogP contribution in [0.5, 0.6) is 11.5 Å². The summed E-state index contributed by atoms with van der Waals surface area (Å²) in [6, 6.07) is 14.6. The molecule has 2 aromatic carbocycles. The summed E-state index contributed by atoms with van der Waals surface area (Å²) in [5, 5.41) is 6.50. The van der Waals surface area contributed by atoms with E-state index in [0.29, 0.717) is 42.3 Å². The first-order chi connectivity index (χ1) is 18.6. The number of nitrogens with zero attached hydrogens (tertiary/aromatic N) is 2. The molecule has 0 spiro atoms. The summed E-state index contributed by atoms with van der Waals surface area (Å²) in [6.07, 6.45) is 8.70. The molecule has 1 aliphatic rings. The van der Waals surface area contributed by atoms with E-state index < -0.39 is 0 Å². The minimum absolute atomic E-state index is 0.0603. The number of hydrogen-bond donors (Lipinski definition) is 2. The number of ether oxygens (including phenoxy) is 2. The second-order valence-electron chi connectivity index (χ2n) is 9.38. The van der Waals surface area contributed by atoms with Crippen molar-refractivity contribution in [1.29, 1.82) is 0 Å². The molecule has 8 heteroatoms. The van der Waals surface area contributed by atoms with E-state index in [9.17, 15) is 9.59 Å². The van der Waals surface area contributed by atoms with Gasteiger partial charge in [-0.2, -0.15) is 0 Å². The largest absolute Gasteiger partial charge is 0.497 e. The molecule has 1 aromatic heterocycles. The maximum Gasteiger partial charge on any atom is 0.258 e. The molecular formula is C30H36N4O4. The maximum absolute atomic E-state index is 13.5. The highest BCUT2D eigenvalue weighted by molar-refractivity contribution is 6.06. The normalized spacial score (nSPS) is 14.4. The van der Waals surface area contributed by atoms with E-state index in [0.717, 1.165) is 55.5 Å². The number of anilines is 1. The van der Waals surface area contributed by atoms with Gasteiger partial charge in [0.2, 0.25) is 0 Å². The highest BCUT2D eigenvalue weighted by Gasteiger charge is 2.22. The van der Waals surface area contributed by atoms with E-state index in [1.165, 1.54) is 0 Å². The molecule has 0 aliphatic carbocycles. The summed E-state index contributed by atoms with van der Waals surface area (Å²) < 4.78 is 10.7. The Morgan fingerprint density at radius 1 is 0.895 bits per heavy atom. The summed E-state index contributed by atoms with van der Waals surface area (Å²) in [5.41, 5.74) is 3.76. The Hall–Kier alpha value is -3.91. The van der Waals surface area contributed by atoms with Crippen LogP contribution in [0.2, 0.25) is 0 Å². The number of hydrogen-bond acceptors (Lipinski definition) is 6. The molecule has 0 saturated heterocycles. The Labute approximate surface area is 224 Å². The second kappa shape index (κ2) is 13.6. The van der Waals surface area contributed by atoms with Crippen LogP contribution in [0.25, 0.3) is 0 Å². The molecular weight excluding hydrogens is 480 g/mol. The number of pyridine rings is 1. The number of methoxy groups -OCH3 is 2. The molecule has 200 valence electrons. The van der Waals surface area contributed by atoms with Crippen LogP contribution in [-0.2, 0) is 13.1 Å². The third-order valence-corrected chi connectivity index (χ3v) is 6.72. The first kappa shape index (κ1) is 27.1. The lowest BCUT2D eigenvalue weighted by atomic mass is 10.0. The van der Waals surface area contributed by atoms with Crippen LogP contribution in [0.15, 0.2) is 60.9 Å². The average molecular weight is 517 g/mol. The molecule has 3 aromatic rings. The molecule has 0 radical (unpaired) electrons. The number of fused-ring (bicyclic) bond motifs is 1. The van der Waals surface area contributed by atoms with Crippen molar-refractivity contribution in [1.82, 2.24) is 15.6 Å². The van der Waals surface area contributed by atoms with Gasteiger partial charge in [0.1, 0.15) is 11.5 Å². The van der Waals surface area contributed by atoms with Crippen molar-refractivity contribution in [2.75, 3.05) is 32.2 Å². The van der Waals surface area contributed by atoms with Crippen molar-refractivity contribution >= 4 is 17.5 Å². The fourth-order valence-electron chi connectivity index (χ4n) is 4.64. The van der Waals surface area contributed by atoms with E-state index >= 15 is 0 Å². The van der Waals surface area contributed by atoms with Crippen LogP contribution in [-0.4, -0.2) is 44.1 Å². The van der Waals surface area contributed by atoms with Gasteiger partial charge in [-0.15, -0.1) is 0 Å². The van der Waals surface area contributed by atoms with Gasteiger partial charge in [-0.3, -0.25) is 14.6 Å². The number of carbonyl (C=O) groups excluding carboxylic acids is 2. The van der Waals surface area contributed by atoms with E-state index in [-0.39, 0.29) is 11.8 Å². The van der Waals surface area contributed by atoms with Crippen LogP contribution in [0, 0.1) is 0 Å². The van der Waals surface area contributed by atoms with Gasteiger partial charge in [-0.25, -0.2) is 0 Å². The minimum Gasteiger partial charge on any atom is -0.497 e. The van der Waals surface area contributed by atoms with E-state index in [2.05, 4.69) is 15.6 Å². The zero-order valence-corrected chi connectivity index (χ0v) is 22.2. The topological polar surface area (TPSA) is 92.8 Å². The van der Waals surface area contributed by atoms with E-state index in [1.54, 1.807) is 50.9 Å². The molecule has 38 heavy (non-hydrogen) atoms. The Morgan fingerprint density at radius 3 is 2.34 bits per heavy atom. The van der Waals surface area contributed by atoms with Crippen LogP contribution >= 0.6 is 0 Å². The molecule has 0 bridgehead atoms. The van der Waals surface area contributed by atoms with Crippen molar-refractivity contribution in [3.8, 4) is 11.5 Å². The van der Waals surface area contributed by atoms with Crippen LogP contribution in [0.1, 0.15) is 63.9 Å². The van der Waals surface area contributed by atoms with Gasteiger partial charge in [0.05, 0.1) is 14.2 Å². The Balaban J connectivity index is 1.58. The summed E-state index contributed by atoms with van der Waals surface area (Å²) in [7, 11) is 3.19. The van der Waals surface area contributed by atoms with Gasteiger partial charge in [0, 0.05) is 54.9 Å². The molecule has 8 nitrogen and oxygen atoms in total.